The number of hydrogen-bond acceptors (Lipinski definition) is 6. The lowest BCUT2D eigenvalue weighted by Gasteiger charge is -2.34. The third kappa shape index (κ3) is 4.44. The van der Waals surface area contributed by atoms with Crippen LogP contribution in [-0.4, -0.2) is 65.7 Å². The number of nitro groups is 1. The molecule has 1 aliphatic heterocycles. The summed E-state index contributed by atoms with van der Waals surface area (Å²) >= 11 is 6.02. The molecule has 158 valence electrons. The minimum absolute atomic E-state index is 0.0489. The number of nitrogens with zero attached hydrogens (tertiary/aromatic N) is 7. The fourth-order valence-electron chi connectivity index (χ4n) is 3.66. The summed E-state index contributed by atoms with van der Waals surface area (Å²) in [7, 11) is 0. The van der Waals surface area contributed by atoms with Gasteiger partial charge in [-0.15, -0.1) is 0 Å². The van der Waals surface area contributed by atoms with Crippen LogP contribution in [0.2, 0.25) is 5.02 Å². The Morgan fingerprint density at radius 1 is 1.17 bits per heavy atom. The molecule has 3 aromatic rings. The third-order valence-electron chi connectivity index (χ3n) is 5.29. The molecule has 4 rings (SSSR count). The quantitative estimate of drug-likeness (QED) is 0.437. The van der Waals surface area contributed by atoms with Gasteiger partial charge in [-0.3, -0.25) is 9.69 Å². The van der Waals surface area contributed by atoms with Crippen LogP contribution >= 0.6 is 11.6 Å². The van der Waals surface area contributed by atoms with Crippen LogP contribution in [0.5, 0.6) is 0 Å². The van der Waals surface area contributed by atoms with Gasteiger partial charge in [0, 0.05) is 65.0 Å². The number of fused-ring (bicyclic) bond motifs is 1. The van der Waals surface area contributed by atoms with Crippen molar-refractivity contribution in [1.82, 2.24) is 28.7 Å². The molecule has 3 aromatic heterocycles. The molecule has 0 aliphatic carbocycles. The van der Waals surface area contributed by atoms with Crippen LogP contribution in [-0.2, 0) is 17.9 Å². The van der Waals surface area contributed by atoms with Gasteiger partial charge in [0.15, 0.2) is 0 Å². The highest BCUT2D eigenvalue weighted by molar-refractivity contribution is 6.30. The summed E-state index contributed by atoms with van der Waals surface area (Å²) in [5, 5.41) is 11.5. The highest BCUT2D eigenvalue weighted by Gasteiger charge is 2.22. The Morgan fingerprint density at radius 3 is 2.63 bits per heavy atom. The smallest absolute Gasteiger partial charge is 0.358 e. The van der Waals surface area contributed by atoms with Crippen molar-refractivity contribution >= 4 is 29.0 Å². The molecule has 0 bridgehead atoms. The number of amides is 1. The van der Waals surface area contributed by atoms with Gasteiger partial charge in [0.25, 0.3) is 0 Å². The molecule has 0 radical (unpaired) electrons. The molecule has 10 nitrogen and oxygen atoms in total. The molecule has 0 unspecified atom stereocenters. The summed E-state index contributed by atoms with van der Waals surface area (Å²) in [6.07, 6.45) is 5.48. The fraction of sp³-hybridized carbons (Fsp3) is 0.421. The number of aromatic nitrogens is 4. The van der Waals surface area contributed by atoms with E-state index in [0.717, 1.165) is 31.0 Å². The van der Waals surface area contributed by atoms with Crippen molar-refractivity contribution in [1.29, 1.82) is 0 Å². The largest absolute Gasteiger partial charge is 0.381 e. The van der Waals surface area contributed by atoms with Gasteiger partial charge in [-0.1, -0.05) is 11.6 Å². The molecule has 0 atom stereocenters. The van der Waals surface area contributed by atoms with E-state index in [4.69, 9.17) is 11.6 Å². The van der Waals surface area contributed by atoms with Gasteiger partial charge in [0.05, 0.1) is 10.7 Å². The van der Waals surface area contributed by atoms with Gasteiger partial charge in [0.1, 0.15) is 11.8 Å². The van der Waals surface area contributed by atoms with Crippen LogP contribution in [0.4, 0.5) is 5.82 Å². The zero-order chi connectivity index (χ0) is 21.3. The monoisotopic (exact) mass is 431 g/mol. The molecule has 1 saturated heterocycles. The van der Waals surface area contributed by atoms with Crippen LogP contribution < -0.4 is 0 Å². The average Bonchev–Trinajstić information content (AvgIpc) is 3.29. The minimum atomic E-state index is -0.526. The number of carbonyl (C=O) groups is 1. The number of hydrogen-bond donors (Lipinski definition) is 0. The molecule has 4 heterocycles. The number of imidazole rings is 2. The first-order valence-corrected chi connectivity index (χ1v) is 10.1. The highest BCUT2D eigenvalue weighted by atomic mass is 35.5. The Hall–Kier alpha value is -2.98. The molecule has 11 heteroatoms. The molecule has 1 fully saturated rings. The predicted octanol–water partition coefficient (Wildman–Crippen LogP) is 2.14. The molecular formula is C19H22ClN7O3. The lowest BCUT2D eigenvalue weighted by molar-refractivity contribution is -0.389. The van der Waals surface area contributed by atoms with E-state index in [1.807, 2.05) is 33.8 Å². The Bertz CT molecular complexity index is 1090. The molecule has 0 aromatic carbocycles. The van der Waals surface area contributed by atoms with Gasteiger partial charge in [-0.2, -0.15) is 0 Å². The first-order valence-electron chi connectivity index (χ1n) is 9.70. The van der Waals surface area contributed by atoms with E-state index in [1.54, 1.807) is 11.5 Å². The fourth-order valence-corrected chi connectivity index (χ4v) is 3.83. The van der Waals surface area contributed by atoms with Crippen molar-refractivity contribution in [2.45, 2.75) is 26.4 Å². The molecule has 30 heavy (non-hydrogen) atoms. The summed E-state index contributed by atoms with van der Waals surface area (Å²) in [4.78, 5) is 35.5. The molecular weight excluding hydrogens is 410 g/mol. The van der Waals surface area contributed by atoms with Crippen molar-refractivity contribution in [3.05, 3.63) is 57.4 Å². The van der Waals surface area contributed by atoms with Gasteiger partial charge in [0.2, 0.25) is 11.7 Å². The summed E-state index contributed by atoms with van der Waals surface area (Å²) in [5.41, 5.74) is 1.83. The van der Waals surface area contributed by atoms with E-state index >= 15 is 0 Å². The molecule has 0 N–H and O–H groups in total. The van der Waals surface area contributed by atoms with Crippen molar-refractivity contribution in [3.63, 3.8) is 0 Å². The second kappa shape index (κ2) is 8.41. The lowest BCUT2D eigenvalue weighted by Crippen LogP contribution is -2.48. The minimum Gasteiger partial charge on any atom is -0.358 e. The van der Waals surface area contributed by atoms with E-state index < -0.39 is 4.92 Å². The Kier molecular flexibility index (Phi) is 5.69. The second-order valence-electron chi connectivity index (χ2n) is 7.35. The molecule has 0 saturated carbocycles. The molecule has 1 amide bonds. The number of halogens is 1. The van der Waals surface area contributed by atoms with Gasteiger partial charge >= 0.3 is 5.82 Å². The van der Waals surface area contributed by atoms with E-state index in [1.165, 1.54) is 6.20 Å². The van der Waals surface area contributed by atoms with E-state index in [-0.39, 0.29) is 11.7 Å². The van der Waals surface area contributed by atoms with E-state index in [0.29, 0.717) is 36.9 Å². The Morgan fingerprint density at radius 2 is 1.93 bits per heavy atom. The number of piperazine rings is 1. The summed E-state index contributed by atoms with van der Waals surface area (Å²) < 4.78 is 3.57. The second-order valence-corrected chi connectivity index (χ2v) is 7.79. The van der Waals surface area contributed by atoms with Crippen molar-refractivity contribution < 1.29 is 9.72 Å². The first kappa shape index (κ1) is 20.3. The van der Waals surface area contributed by atoms with Crippen LogP contribution in [0.25, 0.3) is 5.65 Å². The van der Waals surface area contributed by atoms with E-state index in [9.17, 15) is 14.9 Å². The van der Waals surface area contributed by atoms with Crippen molar-refractivity contribution in [2.24, 2.45) is 0 Å². The number of pyridine rings is 1. The first-order chi connectivity index (χ1) is 14.4. The summed E-state index contributed by atoms with van der Waals surface area (Å²) in [6, 6.07) is 3.71. The highest BCUT2D eigenvalue weighted by Crippen LogP contribution is 2.15. The molecule has 0 spiro atoms. The van der Waals surface area contributed by atoms with Gasteiger partial charge in [-0.25, -0.2) is 4.98 Å². The average molecular weight is 432 g/mol. The van der Waals surface area contributed by atoms with Crippen LogP contribution in [0.15, 0.2) is 30.7 Å². The topological polar surface area (TPSA) is 102 Å². The lowest BCUT2D eigenvalue weighted by atomic mass is 10.2. The Labute approximate surface area is 177 Å². The number of aryl methyl sites for hydroxylation is 2. The summed E-state index contributed by atoms with van der Waals surface area (Å²) in [6.45, 7) is 5.66. The van der Waals surface area contributed by atoms with E-state index in [2.05, 4.69) is 14.9 Å². The predicted molar refractivity (Wildman–Crippen MR) is 110 cm³/mol. The third-order valence-corrected chi connectivity index (χ3v) is 5.52. The Balaban J connectivity index is 1.27. The zero-order valence-corrected chi connectivity index (χ0v) is 17.3. The zero-order valence-electron chi connectivity index (χ0n) is 16.6. The van der Waals surface area contributed by atoms with Crippen LogP contribution in [0, 0.1) is 17.0 Å². The number of carbonyl (C=O) groups excluding carboxylic acids is 1. The maximum atomic E-state index is 12.5. The summed E-state index contributed by atoms with van der Waals surface area (Å²) in [5.74, 6) is 0.392. The van der Waals surface area contributed by atoms with Gasteiger partial charge in [-0.05, 0) is 22.0 Å². The molecule has 1 aliphatic rings. The standard InChI is InChI=1S/C19H22ClN7O3/c1-14-21-18(27(29)30)13-25(14)5-4-19(28)24-8-6-23(7-9-24)11-16-12-26-10-15(20)2-3-17(26)22-16/h2-3,10,12-13H,4-9,11H2,1H3. The van der Waals surface area contributed by atoms with Crippen LogP contribution in [0.1, 0.15) is 17.9 Å². The van der Waals surface area contributed by atoms with Crippen molar-refractivity contribution in [3.8, 4) is 0 Å². The maximum absolute atomic E-state index is 12.5. The SMILES string of the molecule is Cc1nc([N+](=O)[O-])cn1CCC(=O)N1CCN(Cc2cn3cc(Cl)ccc3n2)CC1. The van der Waals surface area contributed by atoms with Crippen molar-refractivity contribution in [2.75, 3.05) is 26.2 Å². The van der Waals surface area contributed by atoms with Gasteiger partial charge < -0.3 is 24.0 Å². The number of rotatable bonds is 6. The normalized spacial score (nSPS) is 15.1. The van der Waals surface area contributed by atoms with Crippen LogP contribution in [0.3, 0.4) is 0 Å². The maximum Gasteiger partial charge on any atom is 0.381 e.